The summed E-state index contributed by atoms with van der Waals surface area (Å²) < 4.78 is 0. The number of halogens is 4. The summed E-state index contributed by atoms with van der Waals surface area (Å²) in [5, 5.41) is 2.36. The van der Waals surface area contributed by atoms with Crippen LogP contribution in [0.1, 0.15) is 34.1 Å². The molecule has 0 fully saturated rings. The molecule has 0 heterocycles. The number of hydrogen-bond donors (Lipinski definition) is 0. The average molecular weight is 434 g/mol. The largest absolute Gasteiger partial charge is 0.0827 e. The second-order valence-electron chi connectivity index (χ2n) is 6.64. The summed E-state index contributed by atoms with van der Waals surface area (Å²) >= 11 is 25.8. The summed E-state index contributed by atoms with van der Waals surface area (Å²) in [4.78, 5) is 0. The first-order valence-corrected chi connectivity index (χ1v) is 10.2. The monoisotopic (exact) mass is 432 g/mol. The van der Waals surface area contributed by atoms with Crippen LogP contribution in [0.5, 0.6) is 0 Å². The van der Waals surface area contributed by atoms with E-state index in [1.165, 1.54) is 0 Å². The standard InChI is InChI=1S/C23H16Cl4/c24-18-11-9-16(20(22(18)26)14-5-1-2-6-14)13-17-10-12-19(25)23(27)21(17)15-7-3-4-8-15/h1-12,14-15H,13H2. The van der Waals surface area contributed by atoms with E-state index in [0.717, 1.165) is 22.3 Å². The van der Waals surface area contributed by atoms with Gasteiger partial charge in [-0.2, -0.15) is 0 Å². The lowest BCUT2D eigenvalue weighted by Crippen LogP contribution is -2.04. The van der Waals surface area contributed by atoms with E-state index in [-0.39, 0.29) is 11.8 Å². The molecule has 0 N–H and O–H groups in total. The quantitative estimate of drug-likeness (QED) is 0.454. The number of benzene rings is 2. The summed E-state index contributed by atoms with van der Waals surface area (Å²) in [7, 11) is 0. The van der Waals surface area contributed by atoms with E-state index in [1.54, 1.807) is 0 Å². The summed E-state index contributed by atoms with van der Waals surface area (Å²) in [5.41, 5.74) is 4.36. The van der Waals surface area contributed by atoms with Crippen LogP contribution in [0.2, 0.25) is 20.1 Å². The van der Waals surface area contributed by atoms with Gasteiger partial charge in [0.25, 0.3) is 0 Å². The second kappa shape index (κ2) is 7.89. The van der Waals surface area contributed by atoms with Gasteiger partial charge < -0.3 is 0 Å². The van der Waals surface area contributed by atoms with Crippen LogP contribution in [-0.2, 0) is 6.42 Å². The zero-order chi connectivity index (χ0) is 19.0. The molecule has 0 nitrogen and oxygen atoms in total. The van der Waals surface area contributed by atoms with Crippen molar-refractivity contribution in [2.24, 2.45) is 0 Å². The molecule has 0 saturated heterocycles. The Kier molecular flexibility index (Phi) is 5.53. The fraction of sp³-hybridized carbons (Fsp3) is 0.130. The van der Waals surface area contributed by atoms with Crippen LogP contribution in [-0.4, -0.2) is 0 Å². The second-order valence-corrected chi connectivity index (χ2v) is 8.21. The van der Waals surface area contributed by atoms with Gasteiger partial charge in [0, 0.05) is 11.8 Å². The van der Waals surface area contributed by atoms with Crippen molar-refractivity contribution in [1.29, 1.82) is 0 Å². The molecule has 0 radical (unpaired) electrons. The van der Waals surface area contributed by atoms with Gasteiger partial charge >= 0.3 is 0 Å². The molecule has 4 heteroatoms. The van der Waals surface area contributed by atoms with Crippen molar-refractivity contribution in [3.63, 3.8) is 0 Å². The first kappa shape index (κ1) is 18.9. The first-order valence-electron chi connectivity index (χ1n) is 8.70. The molecule has 136 valence electrons. The van der Waals surface area contributed by atoms with E-state index in [4.69, 9.17) is 46.4 Å². The Balaban J connectivity index is 1.82. The molecule has 0 aliphatic heterocycles. The van der Waals surface area contributed by atoms with Crippen LogP contribution in [0.15, 0.2) is 72.9 Å². The van der Waals surface area contributed by atoms with E-state index in [2.05, 4.69) is 36.4 Å². The third-order valence-corrected chi connectivity index (χ3v) is 6.63. The highest BCUT2D eigenvalue weighted by Gasteiger charge is 2.22. The third kappa shape index (κ3) is 3.65. The van der Waals surface area contributed by atoms with Crippen molar-refractivity contribution < 1.29 is 0 Å². The molecule has 2 aliphatic carbocycles. The highest BCUT2D eigenvalue weighted by molar-refractivity contribution is 6.43. The van der Waals surface area contributed by atoms with Crippen LogP contribution in [0, 0.1) is 0 Å². The minimum Gasteiger partial charge on any atom is -0.0827 e. The van der Waals surface area contributed by atoms with Gasteiger partial charge in [-0.05, 0) is 40.8 Å². The van der Waals surface area contributed by atoms with Crippen LogP contribution in [0.25, 0.3) is 0 Å². The van der Waals surface area contributed by atoms with Gasteiger partial charge in [-0.1, -0.05) is 107 Å². The molecule has 0 aromatic heterocycles. The molecule has 2 aromatic rings. The molecule has 0 unspecified atom stereocenters. The Morgan fingerprint density at radius 2 is 0.926 bits per heavy atom. The Hall–Kier alpha value is -1.44. The highest BCUT2D eigenvalue weighted by Crippen LogP contribution is 2.41. The number of hydrogen-bond acceptors (Lipinski definition) is 0. The SMILES string of the molecule is Clc1ccc(Cc2ccc(Cl)c(Cl)c2C2C=CC=C2)c(C2C=CC=C2)c1Cl. The molecule has 27 heavy (non-hydrogen) atoms. The predicted octanol–water partition coefficient (Wildman–Crippen LogP) is 8.31. The van der Waals surface area contributed by atoms with Gasteiger partial charge in [0.05, 0.1) is 20.1 Å². The van der Waals surface area contributed by atoms with E-state index < -0.39 is 0 Å². The molecule has 0 amide bonds. The topological polar surface area (TPSA) is 0 Å². The molecule has 0 saturated carbocycles. The average Bonchev–Trinajstić information content (AvgIpc) is 3.35. The fourth-order valence-electron chi connectivity index (χ4n) is 3.70. The van der Waals surface area contributed by atoms with E-state index >= 15 is 0 Å². The fourth-order valence-corrected chi connectivity index (χ4v) is 4.65. The van der Waals surface area contributed by atoms with Gasteiger partial charge in [0.1, 0.15) is 0 Å². The van der Waals surface area contributed by atoms with Gasteiger partial charge in [-0.15, -0.1) is 0 Å². The van der Waals surface area contributed by atoms with Crippen LogP contribution in [0.3, 0.4) is 0 Å². The smallest absolute Gasteiger partial charge is 0.0636 e. The van der Waals surface area contributed by atoms with Gasteiger partial charge in [-0.25, -0.2) is 0 Å². The molecule has 0 atom stereocenters. The van der Waals surface area contributed by atoms with Crippen molar-refractivity contribution in [1.82, 2.24) is 0 Å². The zero-order valence-electron chi connectivity index (χ0n) is 14.3. The highest BCUT2D eigenvalue weighted by atomic mass is 35.5. The van der Waals surface area contributed by atoms with E-state index in [1.807, 2.05) is 36.4 Å². The van der Waals surface area contributed by atoms with Crippen LogP contribution >= 0.6 is 46.4 Å². The maximum atomic E-state index is 6.60. The maximum absolute atomic E-state index is 6.60. The summed E-state index contributed by atoms with van der Waals surface area (Å²) in [6, 6.07) is 7.82. The number of rotatable bonds is 4. The summed E-state index contributed by atoms with van der Waals surface area (Å²) in [6.07, 6.45) is 17.3. The first-order chi connectivity index (χ1) is 13.1. The summed E-state index contributed by atoms with van der Waals surface area (Å²) in [6.45, 7) is 0. The van der Waals surface area contributed by atoms with Gasteiger partial charge in [0.15, 0.2) is 0 Å². The van der Waals surface area contributed by atoms with Crippen LogP contribution in [0.4, 0.5) is 0 Å². The predicted molar refractivity (Wildman–Crippen MR) is 118 cm³/mol. The lowest BCUT2D eigenvalue weighted by atomic mass is 9.87. The van der Waals surface area contributed by atoms with Gasteiger partial charge in [0.2, 0.25) is 0 Å². The molecule has 2 aliphatic rings. The van der Waals surface area contributed by atoms with Crippen molar-refractivity contribution in [3.05, 3.63) is 115 Å². The molecule has 4 rings (SSSR count). The van der Waals surface area contributed by atoms with Crippen molar-refractivity contribution >= 4 is 46.4 Å². The summed E-state index contributed by atoms with van der Waals surface area (Å²) in [5.74, 6) is 0.257. The number of allylic oxidation sites excluding steroid dienone is 8. The van der Waals surface area contributed by atoms with Crippen molar-refractivity contribution in [2.45, 2.75) is 18.3 Å². The minimum absolute atomic E-state index is 0.128. The normalized spacial score (nSPS) is 16.1. The molecule has 0 bridgehead atoms. The molecular formula is C23H16Cl4. The molecule has 2 aromatic carbocycles. The maximum Gasteiger partial charge on any atom is 0.0636 e. The van der Waals surface area contributed by atoms with E-state index in [9.17, 15) is 0 Å². The van der Waals surface area contributed by atoms with Crippen molar-refractivity contribution in [2.75, 3.05) is 0 Å². The van der Waals surface area contributed by atoms with E-state index in [0.29, 0.717) is 26.5 Å². The molecular weight excluding hydrogens is 418 g/mol. The zero-order valence-corrected chi connectivity index (χ0v) is 17.3. The lowest BCUT2D eigenvalue weighted by molar-refractivity contribution is 1.000. The van der Waals surface area contributed by atoms with Crippen LogP contribution < -0.4 is 0 Å². The lowest BCUT2D eigenvalue weighted by Gasteiger charge is -2.20. The Bertz CT molecular complexity index is 906. The Morgan fingerprint density at radius 1 is 0.556 bits per heavy atom. The van der Waals surface area contributed by atoms with Crippen molar-refractivity contribution in [3.8, 4) is 0 Å². The van der Waals surface area contributed by atoms with Gasteiger partial charge in [-0.3, -0.25) is 0 Å². The third-order valence-electron chi connectivity index (χ3n) is 4.99. The minimum atomic E-state index is 0.128. The Morgan fingerprint density at radius 3 is 1.30 bits per heavy atom. The molecule has 0 spiro atoms. The Labute approximate surface area is 179 Å².